The number of aliphatic hydroxyl groups is 1. The van der Waals surface area contributed by atoms with Crippen LogP contribution in [0.15, 0.2) is 16.9 Å². The summed E-state index contributed by atoms with van der Waals surface area (Å²) >= 11 is 0. The van der Waals surface area contributed by atoms with Crippen LogP contribution in [0.2, 0.25) is 0 Å². The first-order chi connectivity index (χ1) is 11.0. The lowest BCUT2D eigenvalue weighted by Crippen LogP contribution is -2.30. The zero-order valence-electron chi connectivity index (χ0n) is 13.9. The summed E-state index contributed by atoms with van der Waals surface area (Å²) in [5.74, 6) is 1.21. The molecule has 1 fully saturated rings. The fraction of sp³-hybridized carbons (Fsp3) is 0.667. The molecule has 2 aromatic heterocycles. The Balaban J connectivity index is 1.60. The van der Waals surface area contributed by atoms with Crippen molar-refractivity contribution in [2.45, 2.75) is 38.0 Å². The molecule has 0 spiro atoms. The summed E-state index contributed by atoms with van der Waals surface area (Å²) in [5, 5.41) is 18.5. The van der Waals surface area contributed by atoms with Crippen LogP contribution >= 0.6 is 0 Å². The van der Waals surface area contributed by atoms with E-state index in [1.807, 2.05) is 32.2 Å². The SMILES string of the molecule is CN(C)c1noc(CN2CCC[C@@H]2C[C@H](O)c2cnn(C)c2)n1. The van der Waals surface area contributed by atoms with Gasteiger partial charge in [-0.2, -0.15) is 10.1 Å². The predicted molar refractivity (Wildman–Crippen MR) is 84.8 cm³/mol. The van der Waals surface area contributed by atoms with Gasteiger partial charge in [-0.05, 0) is 31.0 Å². The van der Waals surface area contributed by atoms with Gasteiger partial charge in [-0.25, -0.2) is 0 Å². The number of nitrogens with zero attached hydrogens (tertiary/aromatic N) is 6. The summed E-state index contributed by atoms with van der Waals surface area (Å²) in [6, 6.07) is 0.319. The van der Waals surface area contributed by atoms with Gasteiger partial charge in [-0.15, -0.1) is 0 Å². The number of anilines is 1. The van der Waals surface area contributed by atoms with E-state index in [-0.39, 0.29) is 0 Å². The van der Waals surface area contributed by atoms with Crippen molar-refractivity contribution in [3.8, 4) is 0 Å². The summed E-state index contributed by atoms with van der Waals surface area (Å²) in [6.07, 6.45) is 6.00. The number of aliphatic hydroxyl groups excluding tert-OH is 1. The Labute approximate surface area is 135 Å². The highest BCUT2D eigenvalue weighted by molar-refractivity contribution is 5.23. The van der Waals surface area contributed by atoms with Crippen LogP contribution in [0.25, 0.3) is 0 Å². The van der Waals surface area contributed by atoms with E-state index in [1.165, 1.54) is 0 Å². The molecule has 0 bridgehead atoms. The molecule has 0 saturated carbocycles. The molecule has 3 heterocycles. The highest BCUT2D eigenvalue weighted by Gasteiger charge is 2.29. The van der Waals surface area contributed by atoms with Crippen LogP contribution in [0.5, 0.6) is 0 Å². The zero-order chi connectivity index (χ0) is 16.4. The van der Waals surface area contributed by atoms with E-state index in [2.05, 4.69) is 20.1 Å². The van der Waals surface area contributed by atoms with Gasteiger partial charge in [0.2, 0.25) is 5.89 Å². The first kappa shape index (κ1) is 15.9. The number of hydrogen-bond donors (Lipinski definition) is 1. The second-order valence-corrected chi connectivity index (χ2v) is 6.35. The molecule has 126 valence electrons. The molecule has 8 nitrogen and oxygen atoms in total. The van der Waals surface area contributed by atoms with E-state index in [0.717, 1.165) is 24.9 Å². The highest BCUT2D eigenvalue weighted by Crippen LogP contribution is 2.28. The summed E-state index contributed by atoms with van der Waals surface area (Å²) in [5.41, 5.74) is 0.868. The van der Waals surface area contributed by atoms with Crippen LogP contribution in [0.4, 0.5) is 5.95 Å². The monoisotopic (exact) mass is 320 g/mol. The third kappa shape index (κ3) is 3.70. The van der Waals surface area contributed by atoms with Crippen molar-refractivity contribution in [1.29, 1.82) is 0 Å². The Hall–Kier alpha value is -1.93. The van der Waals surface area contributed by atoms with Gasteiger partial charge in [0.15, 0.2) is 0 Å². The third-order valence-electron chi connectivity index (χ3n) is 4.30. The molecule has 0 aliphatic carbocycles. The van der Waals surface area contributed by atoms with E-state index >= 15 is 0 Å². The van der Waals surface area contributed by atoms with E-state index in [1.54, 1.807) is 10.9 Å². The van der Waals surface area contributed by atoms with E-state index in [0.29, 0.717) is 30.8 Å². The number of aryl methyl sites for hydroxylation is 1. The van der Waals surface area contributed by atoms with Crippen molar-refractivity contribution < 1.29 is 9.63 Å². The second kappa shape index (κ2) is 6.67. The maximum absolute atomic E-state index is 10.4. The molecule has 3 rings (SSSR count). The zero-order valence-corrected chi connectivity index (χ0v) is 13.9. The van der Waals surface area contributed by atoms with Crippen LogP contribution in [0.3, 0.4) is 0 Å². The molecule has 1 aliphatic rings. The Kier molecular flexibility index (Phi) is 4.63. The molecule has 0 radical (unpaired) electrons. The van der Waals surface area contributed by atoms with Gasteiger partial charge in [-0.1, -0.05) is 0 Å². The lowest BCUT2D eigenvalue weighted by Gasteiger charge is -2.24. The average Bonchev–Trinajstić information content (AvgIpc) is 3.21. The molecule has 1 aliphatic heterocycles. The molecule has 0 amide bonds. The highest BCUT2D eigenvalue weighted by atomic mass is 16.5. The molecule has 1 saturated heterocycles. The van der Waals surface area contributed by atoms with Crippen molar-refractivity contribution in [3.63, 3.8) is 0 Å². The number of aromatic nitrogens is 4. The molecule has 2 atom stereocenters. The van der Waals surface area contributed by atoms with E-state index in [9.17, 15) is 5.11 Å². The quantitative estimate of drug-likeness (QED) is 0.848. The minimum absolute atomic E-state index is 0.319. The Morgan fingerprint density at radius 2 is 2.30 bits per heavy atom. The molecular formula is C15H24N6O2. The van der Waals surface area contributed by atoms with Gasteiger partial charge in [0, 0.05) is 38.9 Å². The standard InChI is InChI=1S/C15H24N6O2/c1-19(2)15-17-14(23-18-15)10-21-6-4-5-12(21)7-13(22)11-8-16-20(3)9-11/h8-9,12-13,22H,4-7,10H2,1-3H3/t12-,13+/m1/s1. The maximum atomic E-state index is 10.4. The summed E-state index contributed by atoms with van der Waals surface area (Å²) in [6.45, 7) is 1.62. The van der Waals surface area contributed by atoms with Crippen molar-refractivity contribution in [2.75, 3.05) is 25.5 Å². The van der Waals surface area contributed by atoms with Crippen molar-refractivity contribution >= 4 is 5.95 Å². The third-order valence-corrected chi connectivity index (χ3v) is 4.30. The minimum Gasteiger partial charge on any atom is -0.388 e. The first-order valence-electron chi connectivity index (χ1n) is 7.93. The topological polar surface area (TPSA) is 83.5 Å². The summed E-state index contributed by atoms with van der Waals surface area (Å²) in [4.78, 5) is 8.51. The van der Waals surface area contributed by atoms with Crippen LogP contribution in [0, 0.1) is 0 Å². The molecular weight excluding hydrogens is 296 g/mol. The molecule has 0 unspecified atom stereocenters. The smallest absolute Gasteiger partial charge is 0.265 e. The van der Waals surface area contributed by atoms with Gasteiger partial charge >= 0.3 is 0 Å². The van der Waals surface area contributed by atoms with Crippen molar-refractivity contribution in [2.24, 2.45) is 7.05 Å². The Bertz CT molecular complexity index is 637. The van der Waals surface area contributed by atoms with Gasteiger partial charge in [-0.3, -0.25) is 9.58 Å². The normalized spacial score (nSPS) is 20.1. The largest absolute Gasteiger partial charge is 0.388 e. The molecule has 8 heteroatoms. The van der Waals surface area contributed by atoms with Gasteiger partial charge in [0.1, 0.15) is 0 Å². The fourth-order valence-electron chi connectivity index (χ4n) is 3.04. The van der Waals surface area contributed by atoms with E-state index in [4.69, 9.17) is 4.52 Å². The summed E-state index contributed by atoms with van der Waals surface area (Å²) < 4.78 is 7.02. The minimum atomic E-state index is -0.491. The van der Waals surface area contributed by atoms with Crippen LogP contribution in [-0.2, 0) is 13.6 Å². The fourth-order valence-corrected chi connectivity index (χ4v) is 3.04. The Morgan fingerprint density at radius 3 is 2.96 bits per heavy atom. The van der Waals surface area contributed by atoms with Crippen LogP contribution in [-0.4, -0.2) is 56.6 Å². The van der Waals surface area contributed by atoms with Crippen molar-refractivity contribution in [3.05, 3.63) is 23.8 Å². The first-order valence-corrected chi connectivity index (χ1v) is 7.93. The number of hydrogen-bond acceptors (Lipinski definition) is 7. The lowest BCUT2D eigenvalue weighted by molar-refractivity contribution is 0.112. The molecule has 1 N–H and O–H groups in total. The van der Waals surface area contributed by atoms with Gasteiger partial charge < -0.3 is 14.5 Å². The number of rotatable bonds is 6. The maximum Gasteiger partial charge on any atom is 0.265 e. The van der Waals surface area contributed by atoms with Crippen molar-refractivity contribution in [1.82, 2.24) is 24.8 Å². The van der Waals surface area contributed by atoms with E-state index < -0.39 is 6.10 Å². The number of likely N-dealkylation sites (tertiary alicyclic amines) is 1. The Morgan fingerprint density at radius 1 is 1.48 bits per heavy atom. The second-order valence-electron chi connectivity index (χ2n) is 6.35. The average molecular weight is 320 g/mol. The van der Waals surface area contributed by atoms with Crippen LogP contribution in [0.1, 0.15) is 36.8 Å². The van der Waals surface area contributed by atoms with Crippen LogP contribution < -0.4 is 4.90 Å². The predicted octanol–water partition coefficient (Wildman–Crippen LogP) is 0.957. The van der Waals surface area contributed by atoms with Gasteiger partial charge in [0.25, 0.3) is 5.95 Å². The summed E-state index contributed by atoms with van der Waals surface area (Å²) in [7, 11) is 5.63. The molecule has 23 heavy (non-hydrogen) atoms. The molecule has 2 aromatic rings. The van der Waals surface area contributed by atoms with Gasteiger partial charge in [0.05, 0.1) is 18.8 Å². The lowest BCUT2D eigenvalue weighted by atomic mass is 10.0. The molecule has 0 aromatic carbocycles.